The van der Waals surface area contributed by atoms with Crippen LogP contribution in [0.5, 0.6) is 5.75 Å². The molecule has 1 atom stereocenters. The van der Waals surface area contributed by atoms with Gasteiger partial charge in [-0.25, -0.2) is 8.78 Å². The van der Waals surface area contributed by atoms with Crippen molar-refractivity contribution in [1.29, 1.82) is 0 Å². The van der Waals surface area contributed by atoms with Gasteiger partial charge in [0.15, 0.2) is 11.6 Å². The third-order valence-corrected chi connectivity index (χ3v) is 3.63. The maximum absolute atomic E-state index is 13.2. The number of nitrogens with one attached hydrogen (secondary N) is 1. The van der Waals surface area contributed by atoms with Gasteiger partial charge in [0.05, 0.1) is 12.6 Å². The van der Waals surface area contributed by atoms with Crippen LogP contribution in [0.25, 0.3) is 0 Å². The third kappa shape index (κ3) is 5.33. The Balaban J connectivity index is 1.73. The molecule has 0 aliphatic rings. The second kappa shape index (κ2) is 8.43. The maximum atomic E-state index is 13.2. The lowest BCUT2D eigenvalue weighted by Crippen LogP contribution is -2.26. The number of rotatable bonds is 7. The van der Waals surface area contributed by atoms with E-state index in [0.717, 1.165) is 23.4 Å². The summed E-state index contributed by atoms with van der Waals surface area (Å²) in [6.45, 7) is 4.16. The summed E-state index contributed by atoms with van der Waals surface area (Å²) in [5, 5.41) is 2.77. The number of hydrogen-bond donors (Lipinski definition) is 1. The molecule has 1 unspecified atom stereocenters. The Kier molecular flexibility index (Phi) is 6.29. The van der Waals surface area contributed by atoms with E-state index in [2.05, 4.69) is 5.32 Å². The molecule has 0 bridgehead atoms. The van der Waals surface area contributed by atoms with Gasteiger partial charge in [0.25, 0.3) is 0 Å². The van der Waals surface area contributed by atoms with Gasteiger partial charge >= 0.3 is 0 Å². The van der Waals surface area contributed by atoms with E-state index < -0.39 is 11.6 Å². The molecular formula is C19H21F2NO2. The molecule has 0 saturated carbocycles. The number of hydrogen-bond acceptors (Lipinski definition) is 2. The van der Waals surface area contributed by atoms with Crippen molar-refractivity contribution in [2.24, 2.45) is 0 Å². The van der Waals surface area contributed by atoms with Crippen LogP contribution in [0.3, 0.4) is 0 Å². The highest BCUT2D eigenvalue weighted by Gasteiger charge is 2.12. The van der Waals surface area contributed by atoms with Gasteiger partial charge in [0, 0.05) is 6.42 Å². The summed E-state index contributed by atoms with van der Waals surface area (Å²) >= 11 is 0. The van der Waals surface area contributed by atoms with Gasteiger partial charge in [-0.05, 0) is 55.7 Å². The standard InChI is InChI=1S/C19H21F2NO2/c1-13-5-3-6-16(11-13)24-10-4-7-19(23)22-14(2)15-8-9-17(20)18(21)12-15/h3,5-6,8-9,11-12,14H,4,7,10H2,1-2H3,(H,22,23). The van der Waals surface area contributed by atoms with Crippen molar-refractivity contribution in [3.8, 4) is 5.75 Å². The summed E-state index contributed by atoms with van der Waals surface area (Å²) < 4.78 is 31.7. The molecule has 5 heteroatoms. The second-order valence-electron chi connectivity index (χ2n) is 5.73. The van der Waals surface area contributed by atoms with Gasteiger partial charge in [-0.15, -0.1) is 0 Å². The van der Waals surface area contributed by atoms with Crippen LogP contribution in [-0.4, -0.2) is 12.5 Å². The van der Waals surface area contributed by atoms with Crippen molar-refractivity contribution < 1.29 is 18.3 Å². The summed E-state index contributed by atoms with van der Waals surface area (Å²) in [5.74, 6) is -1.18. The van der Waals surface area contributed by atoms with E-state index in [1.807, 2.05) is 31.2 Å². The molecule has 0 aromatic heterocycles. The first kappa shape index (κ1) is 17.9. The van der Waals surface area contributed by atoms with Gasteiger partial charge in [0.1, 0.15) is 5.75 Å². The van der Waals surface area contributed by atoms with Crippen LogP contribution in [0.2, 0.25) is 0 Å². The van der Waals surface area contributed by atoms with E-state index in [-0.39, 0.29) is 11.9 Å². The molecule has 2 aromatic carbocycles. The number of aryl methyl sites for hydroxylation is 1. The zero-order valence-electron chi connectivity index (χ0n) is 13.8. The normalized spacial score (nSPS) is 11.8. The summed E-state index contributed by atoms with van der Waals surface area (Å²) in [5.41, 5.74) is 1.64. The maximum Gasteiger partial charge on any atom is 0.220 e. The Morgan fingerprint density at radius 2 is 1.96 bits per heavy atom. The van der Waals surface area contributed by atoms with Crippen LogP contribution < -0.4 is 10.1 Å². The number of carbonyl (C=O) groups excluding carboxylic acids is 1. The first-order valence-corrected chi connectivity index (χ1v) is 7.89. The molecule has 0 fully saturated rings. The molecule has 2 rings (SSSR count). The molecule has 2 aromatic rings. The predicted molar refractivity (Wildman–Crippen MR) is 88.8 cm³/mol. The zero-order chi connectivity index (χ0) is 17.5. The largest absolute Gasteiger partial charge is 0.494 e. The Bertz CT molecular complexity index is 704. The first-order chi connectivity index (χ1) is 11.5. The van der Waals surface area contributed by atoms with Crippen molar-refractivity contribution in [3.63, 3.8) is 0 Å². The Morgan fingerprint density at radius 3 is 2.67 bits per heavy atom. The molecule has 0 aliphatic heterocycles. The fourth-order valence-electron chi connectivity index (χ4n) is 2.31. The molecule has 0 aliphatic carbocycles. The molecule has 0 heterocycles. The third-order valence-electron chi connectivity index (χ3n) is 3.63. The number of benzene rings is 2. The van der Waals surface area contributed by atoms with Gasteiger partial charge in [0.2, 0.25) is 5.91 Å². The van der Waals surface area contributed by atoms with Crippen molar-refractivity contribution in [2.45, 2.75) is 32.7 Å². The summed E-state index contributed by atoms with van der Waals surface area (Å²) in [6, 6.07) is 10.9. The Morgan fingerprint density at radius 1 is 1.17 bits per heavy atom. The number of amides is 1. The van der Waals surface area contributed by atoms with Crippen LogP contribution in [0.1, 0.15) is 36.9 Å². The van der Waals surface area contributed by atoms with Crippen molar-refractivity contribution >= 4 is 5.91 Å². The molecule has 0 saturated heterocycles. The lowest BCUT2D eigenvalue weighted by Gasteiger charge is -2.14. The van der Waals surface area contributed by atoms with Crippen LogP contribution in [0, 0.1) is 18.6 Å². The average Bonchev–Trinajstić information content (AvgIpc) is 2.54. The fraction of sp³-hybridized carbons (Fsp3) is 0.316. The van der Waals surface area contributed by atoms with Crippen LogP contribution in [0.4, 0.5) is 8.78 Å². The number of halogens is 2. The van der Waals surface area contributed by atoms with Crippen molar-refractivity contribution in [1.82, 2.24) is 5.32 Å². The highest BCUT2D eigenvalue weighted by molar-refractivity contribution is 5.76. The monoisotopic (exact) mass is 333 g/mol. The molecule has 0 radical (unpaired) electrons. The van der Waals surface area contributed by atoms with Gasteiger partial charge in [-0.2, -0.15) is 0 Å². The predicted octanol–water partition coefficient (Wildman–Crippen LogP) is 4.31. The number of carbonyl (C=O) groups is 1. The second-order valence-corrected chi connectivity index (χ2v) is 5.73. The van der Waals surface area contributed by atoms with E-state index >= 15 is 0 Å². The van der Waals surface area contributed by atoms with E-state index in [1.165, 1.54) is 6.07 Å². The summed E-state index contributed by atoms with van der Waals surface area (Å²) in [6.07, 6.45) is 0.879. The van der Waals surface area contributed by atoms with Gasteiger partial charge in [-0.1, -0.05) is 18.2 Å². The highest BCUT2D eigenvalue weighted by atomic mass is 19.2. The van der Waals surface area contributed by atoms with E-state index in [1.54, 1.807) is 6.92 Å². The lowest BCUT2D eigenvalue weighted by molar-refractivity contribution is -0.121. The smallest absolute Gasteiger partial charge is 0.220 e. The summed E-state index contributed by atoms with van der Waals surface area (Å²) in [4.78, 5) is 11.9. The average molecular weight is 333 g/mol. The van der Waals surface area contributed by atoms with Crippen LogP contribution >= 0.6 is 0 Å². The molecule has 128 valence electrons. The molecule has 1 N–H and O–H groups in total. The topological polar surface area (TPSA) is 38.3 Å². The highest BCUT2D eigenvalue weighted by Crippen LogP contribution is 2.16. The minimum Gasteiger partial charge on any atom is -0.494 e. The number of ether oxygens (including phenoxy) is 1. The zero-order valence-corrected chi connectivity index (χ0v) is 13.8. The fourth-order valence-corrected chi connectivity index (χ4v) is 2.31. The van der Waals surface area contributed by atoms with E-state index in [0.29, 0.717) is 25.0 Å². The lowest BCUT2D eigenvalue weighted by atomic mass is 10.1. The SMILES string of the molecule is Cc1cccc(OCCCC(=O)NC(C)c2ccc(F)c(F)c2)c1. The molecule has 24 heavy (non-hydrogen) atoms. The van der Waals surface area contributed by atoms with Gasteiger partial charge < -0.3 is 10.1 Å². The minimum absolute atomic E-state index is 0.153. The molecule has 0 spiro atoms. The van der Waals surface area contributed by atoms with E-state index in [9.17, 15) is 13.6 Å². The summed E-state index contributed by atoms with van der Waals surface area (Å²) in [7, 11) is 0. The Hall–Kier alpha value is -2.43. The van der Waals surface area contributed by atoms with Crippen LogP contribution in [-0.2, 0) is 4.79 Å². The first-order valence-electron chi connectivity index (χ1n) is 7.89. The molecular weight excluding hydrogens is 312 g/mol. The van der Waals surface area contributed by atoms with Crippen LogP contribution in [0.15, 0.2) is 42.5 Å². The molecule has 3 nitrogen and oxygen atoms in total. The quantitative estimate of drug-likeness (QED) is 0.767. The molecule has 1 amide bonds. The van der Waals surface area contributed by atoms with Gasteiger partial charge in [-0.3, -0.25) is 4.79 Å². The minimum atomic E-state index is -0.917. The van der Waals surface area contributed by atoms with Crippen molar-refractivity contribution in [2.75, 3.05) is 6.61 Å². The Labute approximate surface area is 140 Å². The van der Waals surface area contributed by atoms with Crippen molar-refractivity contribution in [3.05, 3.63) is 65.2 Å². The van der Waals surface area contributed by atoms with E-state index in [4.69, 9.17) is 4.74 Å².